The minimum absolute atomic E-state index is 0.355. The minimum atomic E-state index is -0.355. The zero-order chi connectivity index (χ0) is 26.4. The lowest BCUT2D eigenvalue weighted by molar-refractivity contribution is 0.260. The number of nitrogens with zero attached hydrogens (tertiary/aromatic N) is 6. The first-order valence-electron chi connectivity index (χ1n) is 12.3. The molecule has 0 aliphatic carbocycles. The number of benzene rings is 1. The van der Waals surface area contributed by atoms with Crippen LogP contribution in [0, 0.1) is 12.7 Å². The predicted octanol–water partition coefficient (Wildman–Crippen LogP) is 4.96. The molecule has 9 nitrogen and oxygen atoms in total. The van der Waals surface area contributed by atoms with Gasteiger partial charge in [0.25, 0.3) is 0 Å². The fourth-order valence-electron chi connectivity index (χ4n) is 4.56. The lowest BCUT2D eigenvalue weighted by atomic mass is 10.0. The van der Waals surface area contributed by atoms with Crippen molar-refractivity contribution in [3.63, 3.8) is 0 Å². The molecule has 0 unspecified atom stereocenters. The first kappa shape index (κ1) is 23.8. The number of hydrogen-bond donors (Lipinski definition) is 2. The van der Waals surface area contributed by atoms with Crippen LogP contribution in [0.4, 0.5) is 4.39 Å². The van der Waals surface area contributed by atoms with E-state index in [9.17, 15) is 4.39 Å². The summed E-state index contributed by atoms with van der Waals surface area (Å²) < 4.78 is 22.4. The van der Waals surface area contributed by atoms with E-state index in [0.29, 0.717) is 23.6 Å². The number of aromatic amines is 2. The average molecular weight is 511 g/mol. The van der Waals surface area contributed by atoms with Crippen LogP contribution in [-0.4, -0.2) is 66.8 Å². The maximum Gasteiger partial charge on any atom is 0.138 e. The van der Waals surface area contributed by atoms with Crippen LogP contribution in [-0.2, 0) is 7.05 Å². The Bertz CT molecular complexity index is 1780. The number of pyridine rings is 2. The maximum atomic E-state index is 14.6. The van der Waals surface area contributed by atoms with Gasteiger partial charge in [0.15, 0.2) is 0 Å². The van der Waals surface area contributed by atoms with Gasteiger partial charge in [-0.15, -0.1) is 0 Å². The average Bonchev–Trinajstić information content (AvgIpc) is 3.59. The van der Waals surface area contributed by atoms with Gasteiger partial charge in [0, 0.05) is 36.6 Å². The van der Waals surface area contributed by atoms with Crippen molar-refractivity contribution in [2.75, 3.05) is 27.2 Å². The quantitative estimate of drug-likeness (QED) is 0.315. The third-order valence-corrected chi connectivity index (χ3v) is 6.71. The van der Waals surface area contributed by atoms with Gasteiger partial charge in [0.05, 0.1) is 35.0 Å². The number of ether oxygens (including phenoxy) is 1. The highest BCUT2D eigenvalue weighted by atomic mass is 19.1. The van der Waals surface area contributed by atoms with Gasteiger partial charge in [-0.1, -0.05) is 0 Å². The fraction of sp³-hybridized carbons (Fsp3) is 0.214. The Morgan fingerprint density at radius 1 is 1.03 bits per heavy atom. The van der Waals surface area contributed by atoms with Crippen molar-refractivity contribution in [2.24, 2.45) is 7.05 Å². The molecule has 0 spiro atoms. The van der Waals surface area contributed by atoms with Crippen LogP contribution in [0.3, 0.4) is 0 Å². The van der Waals surface area contributed by atoms with Crippen LogP contribution in [0.2, 0.25) is 0 Å². The van der Waals surface area contributed by atoms with E-state index in [-0.39, 0.29) is 5.82 Å². The first-order chi connectivity index (χ1) is 18.4. The molecule has 0 atom stereocenters. The molecule has 192 valence electrons. The molecule has 0 bridgehead atoms. The molecule has 0 radical (unpaired) electrons. The number of nitrogens with one attached hydrogen (secondary N) is 2. The molecule has 0 amide bonds. The van der Waals surface area contributed by atoms with E-state index >= 15 is 0 Å². The summed E-state index contributed by atoms with van der Waals surface area (Å²) in [5.74, 6) is 1.05. The smallest absolute Gasteiger partial charge is 0.138 e. The van der Waals surface area contributed by atoms with Gasteiger partial charge in [-0.3, -0.25) is 10.1 Å². The van der Waals surface area contributed by atoms with E-state index in [1.807, 2.05) is 68.0 Å². The number of likely N-dealkylation sites (N-methyl/N-ethyl adjacent to an activating group) is 1. The number of imidazole rings is 1. The van der Waals surface area contributed by atoms with Crippen molar-refractivity contribution in [3.05, 3.63) is 66.6 Å². The molecule has 0 saturated carbocycles. The van der Waals surface area contributed by atoms with Crippen LogP contribution in [0.25, 0.3) is 55.8 Å². The van der Waals surface area contributed by atoms with E-state index in [4.69, 9.17) is 4.74 Å². The summed E-state index contributed by atoms with van der Waals surface area (Å²) in [6.07, 6.45) is 5.31. The molecule has 10 heteroatoms. The van der Waals surface area contributed by atoms with Crippen molar-refractivity contribution < 1.29 is 9.13 Å². The van der Waals surface area contributed by atoms with Crippen molar-refractivity contribution >= 4 is 21.9 Å². The predicted molar refractivity (Wildman–Crippen MR) is 145 cm³/mol. The maximum absolute atomic E-state index is 14.6. The second kappa shape index (κ2) is 9.38. The number of fused-ring (bicyclic) bond motifs is 2. The van der Waals surface area contributed by atoms with Gasteiger partial charge < -0.3 is 19.2 Å². The van der Waals surface area contributed by atoms with Crippen molar-refractivity contribution in [1.29, 1.82) is 0 Å². The summed E-state index contributed by atoms with van der Waals surface area (Å²) in [4.78, 5) is 18.9. The summed E-state index contributed by atoms with van der Waals surface area (Å²) >= 11 is 0. The molecule has 6 rings (SSSR count). The van der Waals surface area contributed by atoms with Crippen molar-refractivity contribution in [2.45, 2.75) is 6.92 Å². The van der Waals surface area contributed by atoms with Gasteiger partial charge >= 0.3 is 0 Å². The molecule has 0 fully saturated rings. The third kappa shape index (κ3) is 4.28. The van der Waals surface area contributed by atoms with E-state index in [1.54, 1.807) is 12.4 Å². The van der Waals surface area contributed by atoms with Gasteiger partial charge in [0.1, 0.15) is 35.3 Å². The molecule has 0 saturated heterocycles. The Balaban J connectivity index is 1.41. The second-order valence-electron chi connectivity index (χ2n) is 9.57. The fourth-order valence-corrected chi connectivity index (χ4v) is 4.56. The monoisotopic (exact) mass is 510 g/mol. The molecule has 5 heterocycles. The highest BCUT2D eigenvalue weighted by Crippen LogP contribution is 2.35. The zero-order valence-corrected chi connectivity index (χ0v) is 21.6. The number of aromatic nitrogens is 7. The van der Waals surface area contributed by atoms with Crippen LogP contribution >= 0.6 is 0 Å². The molecule has 1 aromatic carbocycles. The van der Waals surface area contributed by atoms with Crippen LogP contribution in [0.15, 0.2) is 55.0 Å². The van der Waals surface area contributed by atoms with Crippen molar-refractivity contribution in [3.8, 4) is 39.7 Å². The van der Waals surface area contributed by atoms with Gasteiger partial charge in [-0.2, -0.15) is 5.10 Å². The van der Waals surface area contributed by atoms with E-state index < -0.39 is 0 Å². The normalized spacial score (nSPS) is 11.7. The summed E-state index contributed by atoms with van der Waals surface area (Å²) in [6.45, 7) is 3.16. The van der Waals surface area contributed by atoms with E-state index in [1.165, 1.54) is 12.1 Å². The molecular weight excluding hydrogens is 483 g/mol. The van der Waals surface area contributed by atoms with Gasteiger partial charge in [-0.05, 0) is 62.5 Å². The number of halogens is 1. The van der Waals surface area contributed by atoms with Crippen LogP contribution in [0.5, 0.6) is 5.75 Å². The standard InChI is InChI=1S/C28H27FN8O/c1-16-31-15-26(37(16)4)23-13-22-25(14-32-23)34-35-27(22)24-12-21-20(5-6-30-28(21)33-24)17-9-18(29)11-19(10-17)38-8-7-36(2)3/h5-6,9-15H,7-8H2,1-4H3,(H,30,33)(H,34,35). The lowest BCUT2D eigenvalue weighted by Crippen LogP contribution is -2.19. The summed E-state index contributed by atoms with van der Waals surface area (Å²) in [7, 11) is 5.91. The van der Waals surface area contributed by atoms with Crippen LogP contribution < -0.4 is 4.74 Å². The Morgan fingerprint density at radius 3 is 2.68 bits per heavy atom. The second-order valence-corrected chi connectivity index (χ2v) is 9.57. The SMILES string of the molecule is Cc1ncc(-c2cc3c(-c4cc5c(-c6cc(F)cc(OCCN(C)C)c6)ccnc5[nH]4)n[nH]c3cn2)n1C. The number of H-pyrrole nitrogens is 2. The number of hydrogen-bond acceptors (Lipinski definition) is 6. The van der Waals surface area contributed by atoms with E-state index in [2.05, 4.69) is 30.1 Å². The molecule has 2 N–H and O–H groups in total. The third-order valence-electron chi connectivity index (χ3n) is 6.71. The number of aryl methyl sites for hydroxylation is 1. The number of rotatable bonds is 7. The topological polar surface area (TPSA) is 101 Å². The lowest BCUT2D eigenvalue weighted by Gasteiger charge is -2.12. The molecule has 0 aliphatic rings. The molecule has 5 aromatic heterocycles. The Hall–Kier alpha value is -4.57. The molecule has 38 heavy (non-hydrogen) atoms. The molecule has 0 aliphatic heterocycles. The highest BCUT2D eigenvalue weighted by molar-refractivity contribution is 6.00. The first-order valence-corrected chi connectivity index (χ1v) is 12.3. The molecule has 6 aromatic rings. The highest BCUT2D eigenvalue weighted by Gasteiger charge is 2.17. The van der Waals surface area contributed by atoms with E-state index in [0.717, 1.165) is 57.0 Å². The largest absolute Gasteiger partial charge is 0.492 e. The zero-order valence-electron chi connectivity index (χ0n) is 21.6. The van der Waals surface area contributed by atoms with Crippen LogP contribution in [0.1, 0.15) is 5.82 Å². The Labute approximate surface area is 218 Å². The van der Waals surface area contributed by atoms with Gasteiger partial charge in [-0.25, -0.2) is 14.4 Å². The van der Waals surface area contributed by atoms with Crippen molar-refractivity contribution in [1.82, 2.24) is 39.6 Å². The summed E-state index contributed by atoms with van der Waals surface area (Å²) in [5, 5.41) is 9.43. The van der Waals surface area contributed by atoms with Gasteiger partial charge in [0.2, 0.25) is 0 Å². The Morgan fingerprint density at radius 2 is 1.89 bits per heavy atom. The molecular formula is C28H27FN8O. The Kier molecular flexibility index (Phi) is 5.88. The summed E-state index contributed by atoms with van der Waals surface area (Å²) in [5.41, 5.74) is 6.34. The minimum Gasteiger partial charge on any atom is -0.492 e. The summed E-state index contributed by atoms with van der Waals surface area (Å²) in [6, 6.07) is 10.7.